The van der Waals surface area contributed by atoms with Crippen molar-refractivity contribution in [3.8, 4) is 0 Å². The lowest BCUT2D eigenvalue weighted by atomic mass is 10.2. The quantitative estimate of drug-likeness (QED) is 0.766. The fourth-order valence-electron chi connectivity index (χ4n) is 1.08. The number of nitrogens with zero attached hydrogens (tertiary/aromatic N) is 2. The van der Waals surface area contributed by atoms with Crippen LogP contribution in [0, 0.1) is 6.92 Å². The van der Waals surface area contributed by atoms with E-state index in [2.05, 4.69) is 4.98 Å². The van der Waals surface area contributed by atoms with E-state index in [1.165, 1.54) is 10.6 Å². The Balaban J connectivity index is 2.55. The Labute approximate surface area is 91.0 Å². The number of sulfonamides is 1. The average molecular weight is 228 g/mol. The smallest absolute Gasteiger partial charge is 0.210 e. The zero-order valence-corrected chi connectivity index (χ0v) is 10.1. The summed E-state index contributed by atoms with van der Waals surface area (Å²) in [7, 11) is -1.50. The van der Waals surface area contributed by atoms with E-state index >= 15 is 0 Å². The van der Waals surface area contributed by atoms with Gasteiger partial charge in [-0.1, -0.05) is 6.07 Å². The molecule has 0 aliphatic rings. The molecule has 1 aromatic heterocycles. The van der Waals surface area contributed by atoms with Crippen LogP contribution in [0.5, 0.6) is 0 Å². The van der Waals surface area contributed by atoms with Crippen molar-refractivity contribution in [2.45, 2.75) is 13.3 Å². The average Bonchev–Trinajstić information content (AvgIpc) is 2.15. The number of hydrogen-bond donors (Lipinski definition) is 0. The first-order valence-corrected chi connectivity index (χ1v) is 6.57. The summed E-state index contributed by atoms with van der Waals surface area (Å²) in [4.78, 5) is 4.21. The molecular weight excluding hydrogens is 212 g/mol. The number of rotatable bonds is 4. The van der Waals surface area contributed by atoms with Gasteiger partial charge in [-0.05, 0) is 18.6 Å². The van der Waals surface area contributed by atoms with Crippen LogP contribution in [0.25, 0.3) is 0 Å². The second kappa shape index (κ2) is 4.72. The van der Waals surface area contributed by atoms with E-state index in [9.17, 15) is 8.42 Å². The summed E-state index contributed by atoms with van der Waals surface area (Å²) in [6.45, 7) is 2.44. The largest absolute Gasteiger partial charge is 0.261 e. The van der Waals surface area contributed by atoms with Crippen molar-refractivity contribution in [3.05, 3.63) is 29.6 Å². The summed E-state index contributed by atoms with van der Waals surface area (Å²) in [6.07, 6.45) is 3.63. The summed E-state index contributed by atoms with van der Waals surface area (Å²) in [5.41, 5.74) is 2.02. The number of likely N-dealkylation sites (N-methyl/N-ethyl adjacent to an activating group) is 1. The molecule has 0 atom stereocenters. The Kier molecular flexibility index (Phi) is 3.82. The second-order valence-corrected chi connectivity index (χ2v) is 5.75. The molecule has 0 unspecified atom stereocenters. The van der Waals surface area contributed by atoms with Gasteiger partial charge in [-0.3, -0.25) is 4.98 Å². The summed E-state index contributed by atoms with van der Waals surface area (Å²) in [5, 5.41) is 0. The monoisotopic (exact) mass is 228 g/mol. The first kappa shape index (κ1) is 12.1. The molecule has 0 saturated heterocycles. The van der Waals surface area contributed by atoms with Gasteiger partial charge in [0.25, 0.3) is 0 Å². The molecule has 0 saturated carbocycles. The van der Waals surface area contributed by atoms with E-state index in [1.54, 1.807) is 13.2 Å². The molecule has 1 heterocycles. The van der Waals surface area contributed by atoms with Crippen molar-refractivity contribution in [1.29, 1.82) is 0 Å². The number of hydrogen-bond acceptors (Lipinski definition) is 3. The molecule has 4 nitrogen and oxygen atoms in total. The molecule has 15 heavy (non-hydrogen) atoms. The molecule has 0 spiro atoms. The van der Waals surface area contributed by atoms with E-state index in [0.29, 0.717) is 13.0 Å². The molecule has 0 amide bonds. The summed E-state index contributed by atoms with van der Waals surface area (Å²) in [6, 6.07) is 3.90. The Hall–Kier alpha value is -0.940. The fraction of sp³-hybridized carbons (Fsp3) is 0.500. The third kappa shape index (κ3) is 3.97. The molecule has 84 valence electrons. The lowest BCUT2D eigenvalue weighted by Gasteiger charge is -2.13. The molecule has 0 aromatic carbocycles. The zero-order valence-electron chi connectivity index (χ0n) is 9.27. The molecule has 0 N–H and O–H groups in total. The van der Waals surface area contributed by atoms with Crippen LogP contribution in [0.15, 0.2) is 18.3 Å². The van der Waals surface area contributed by atoms with Crippen LogP contribution in [0.1, 0.15) is 11.3 Å². The fourth-order valence-corrected chi connectivity index (χ4v) is 1.51. The van der Waals surface area contributed by atoms with Crippen molar-refractivity contribution < 1.29 is 8.42 Å². The highest BCUT2D eigenvalue weighted by molar-refractivity contribution is 7.88. The molecule has 1 aromatic rings. The van der Waals surface area contributed by atoms with Crippen LogP contribution in [0.2, 0.25) is 0 Å². The van der Waals surface area contributed by atoms with Crippen molar-refractivity contribution in [1.82, 2.24) is 9.29 Å². The van der Waals surface area contributed by atoms with Gasteiger partial charge in [0.05, 0.1) is 6.26 Å². The number of aryl methyl sites for hydroxylation is 1. The Bertz CT molecular complexity index is 412. The van der Waals surface area contributed by atoms with Gasteiger partial charge in [-0.25, -0.2) is 12.7 Å². The lowest BCUT2D eigenvalue weighted by Crippen LogP contribution is -2.27. The van der Waals surface area contributed by atoms with Crippen LogP contribution in [0.4, 0.5) is 0 Å². The topological polar surface area (TPSA) is 50.3 Å². The maximum Gasteiger partial charge on any atom is 0.210 e. The molecule has 1 rings (SSSR count). The summed E-state index contributed by atoms with van der Waals surface area (Å²) >= 11 is 0. The van der Waals surface area contributed by atoms with Crippen LogP contribution in [-0.4, -0.2) is 37.6 Å². The SMILES string of the molecule is Cc1ccc(CCN(C)S(C)(=O)=O)nc1. The van der Waals surface area contributed by atoms with E-state index in [-0.39, 0.29) is 0 Å². The van der Waals surface area contributed by atoms with E-state index < -0.39 is 10.0 Å². The van der Waals surface area contributed by atoms with Gasteiger partial charge in [0.1, 0.15) is 0 Å². The highest BCUT2D eigenvalue weighted by Crippen LogP contribution is 2.01. The molecule has 0 aliphatic heterocycles. The minimum absolute atomic E-state index is 0.467. The Morgan fingerprint density at radius 2 is 2.07 bits per heavy atom. The number of pyridine rings is 1. The van der Waals surface area contributed by atoms with Crippen LogP contribution >= 0.6 is 0 Å². The third-order valence-corrected chi connectivity index (χ3v) is 3.54. The van der Waals surface area contributed by atoms with Crippen molar-refractivity contribution in [3.63, 3.8) is 0 Å². The van der Waals surface area contributed by atoms with Gasteiger partial charge in [0.2, 0.25) is 10.0 Å². The zero-order chi connectivity index (χ0) is 11.5. The second-order valence-electron chi connectivity index (χ2n) is 3.66. The van der Waals surface area contributed by atoms with Gasteiger partial charge in [-0.15, -0.1) is 0 Å². The summed E-state index contributed by atoms with van der Waals surface area (Å²) in [5.74, 6) is 0. The van der Waals surface area contributed by atoms with Gasteiger partial charge in [0, 0.05) is 31.9 Å². The maximum atomic E-state index is 11.1. The van der Waals surface area contributed by atoms with E-state index in [4.69, 9.17) is 0 Å². The minimum atomic E-state index is -3.08. The van der Waals surface area contributed by atoms with Crippen molar-refractivity contribution >= 4 is 10.0 Å². The highest BCUT2D eigenvalue weighted by atomic mass is 32.2. The maximum absolute atomic E-state index is 11.1. The van der Waals surface area contributed by atoms with Gasteiger partial charge < -0.3 is 0 Å². The van der Waals surface area contributed by atoms with Crippen molar-refractivity contribution in [2.75, 3.05) is 19.8 Å². The molecule has 0 bridgehead atoms. The van der Waals surface area contributed by atoms with Crippen LogP contribution in [0.3, 0.4) is 0 Å². The standard InChI is InChI=1S/C10H16N2O2S/c1-9-4-5-10(11-8-9)6-7-12(2)15(3,13)14/h4-5,8H,6-7H2,1-3H3. The number of aromatic nitrogens is 1. The van der Waals surface area contributed by atoms with Gasteiger partial charge >= 0.3 is 0 Å². The molecule has 0 aliphatic carbocycles. The predicted molar refractivity (Wildman–Crippen MR) is 60.2 cm³/mol. The first-order valence-electron chi connectivity index (χ1n) is 4.72. The first-order chi connectivity index (χ1) is 6.89. The molecule has 5 heteroatoms. The van der Waals surface area contributed by atoms with E-state index in [0.717, 1.165) is 11.3 Å². The van der Waals surface area contributed by atoms with Gasteiger partial charge in [0.15, 0.2) is 0 Å². The van der Waals surface area contributed by atoms with Gasteiger partial charge in [-0.2, -0.15) is 0 Å². The highest BCUT2D eigenvalue weighted by Gasteiger charge is 2.10. The Morgan fingerprint density at radius 1 is 1.40 bits per heavy atom. The van der Waals surface area contributed by atoms with Crippen LogP contribution < -0.4 is 0 Å². The van der Waals surface area contributed by atoms with E-state index in [1.807, 2.05) is 19.1 Å². The third-order valence-electron chi connectivity index (χ3n) is 2.22. The molecular formula is C10H16N2O2S. The summed E-state index contributed by atoms with van der Waals surface area (Å²) < 4.78 is 23.6. The lowest BCUT2D eigenvalue weighted by molar-refractivity contribution is 0.476. The predicted octanol–water partition coefficient (Wildman–Crippen LogP) is 0.824. The minimum Gasteiger partial charge on any atom is -0.261 e. The van der Waals surface area contributed by atoms with Crippen LogP contribution in [-0.2, 0) is 16.4 Å². The molecule has 0 radical (unpaired) electrons. The molecule has 0 fully saturated rings. The Morgan fingerprint density at radius 3 is 2.53 bits per heavy atom. The van der Waals surface area contributed by atoms with Crippen molar-refractivity contribution in [2.24, 2.45) is 0 Å². The normalized spacial score (nSPS) is 12.0.